The number of aromatic nitrogens is 1. The predicted molar refractivity (Wildman–Crippen MR) is 83.3 cm³/mol. The van der Waals surface area contributed by atoms with E-state index in [1.54, 1.807) is 11.8 Å². The number of ether oxygens (including phenoxy) is 1. The second-order valence-corrected chi connectivity index (χ2v) is 5.77. The third-order valence-corrected chi connectivity index (χ3v) is 4.20. The van der Waals surface area contributed by atoms with E-state index in [1.165, 1.54) is 7.11 Å². The van der Waals surface area contributed by atoms with Gasteiger partial charge >= 0.3 is 5.97 Å². The predicted octanol–water partition coefficient (Wildman–Crippen LogP) is 2.26. The number of methoxy groups -OCH3 is 1. The largest absolute Gasteiger partial charge is 0.467 e. The number of para-hydroxylation sites is 1. The molecule has 1 amide bonds. The second kappa shape index (κ2) is 5.83. The number of H-pyrrole nitrogens is 1. The molecule has 22 heavy (non-hydrogen) atoms. The van der Waals surface area contributed by atoms with Gasteiger partial charge in [-0.25, -0.2) is 4.79 Å². The number of carbonyl (C=O) groups is 2. The van der Waals surface area contributed by atoms with Gasteiger partial charge in [0, 0.05) is 23.1 Å². The number of nitrogens with one attached hydrogen (secondary N) is 1. The SMILES string of the molecule is COC(=O)C(C)N(C(=O)Cc1c[nH]c2ccccc12)C1CC1. The third-order valence-electron chi connectivity index (χ3n) is 4.20. The molecule has 0 spiro atoms. The zero-order chi connectivity index (χ0) is 15.7. The molecule has 1 aliphatic carbocycles. The van der Waals surface area contributed by atoms with Crippen molar-refractivity contribution in [1.29, 1.82) is 0 Å². The van der Waals surface area contributed by atoms with Crippen LogP contribution in [-0.4, -0.2) is 41.0 Å². The summed E-state index contributed by atoms with van der Waals surface area (Å²) in [6.45, 7) is 1.73. The van der Waals surface area contributed by atoms with E-state index in [9.17, 15) is 9.59 Å². The molecule has 5 nitrogen and oxygen atoms in total. The minimum Gasteiger partial charge on any atom is -0.467 e. The Morgan fingerprint density at radius 2 is 2.09 bits per heavy atom. The number of carbonyl (C=O) groups excluding carboxylic acids is 2. The Bertz CT molecular complexity index is 703. The van der Waals surface area contributed by atoms with Crippen molar-refractivity contribution in [3.05, 3.63) is 36.0 Å². The smallest absolute Gasteiger partial charge is 0.328 e. The summed E-state index contributed by atoms with van der Waals surface area (Å²) in [7, 11) is 1.36. The second-order valence-electron chi connectivity index (χ2n) is 5.77. The summed E-state index contributed by atoms with van der Waals surface area (Å²) in [5.41, 5.74) is 1.98. The number of nitrogens with zero attached hydrogens (tertiary/aromatic N) is 1. The zero-order valence-electron chi connectivity index (χ0n) is 12.8. The molecule has 0 bridgehead atoms. The van der Waals surface area contributed by atoms with Gasteiger partial charge in [0.25, 0.3) is 0 Å². The van der Waals surface area contributed by atoms with Crippen LogP contribution in [0.4, 0.5) is 0 Å². The van der Waals surface area contributed by atoms with Gasteiger partial charge in [-0.05, 0) is 31.4 Å². The van der Waals surface area contributed by atoms with Crippen LogP contribution < -0.4 is 0 Å². The average molecular weight is 300 g/mol. The number of hydrogen-bond acceptors (Lipinski definition) is 3. The maximum atomic E-state index is 12.7. The summed E-state index contributed by atoms with van der Waals surface area (Å²) in [4.78, 5) is 29.4. The van der Waals surface area contributed by atoms with Crippen LogP contribution in [0.5, 0.6) is 0 Å². The van der Waals surface area contributed by atoms with Crippen molar-refractivity contribution in [2.45, 2.75) is 38.3 Å². The van der Waals surface area contributed by atoms with Crippen LogP contribution in [0.25, 0.3) is 10.9 Å². The summed E-state index contributed by atoms with van der Waals surface area (Å²) in [6.07, 6.45) is 4.08. The van der Waals surface area contributed by atoms with Crippen molar-refractivity contribution in [1.82, 2.24) is 9.88 Å². The van der Waals surface area contributed by atoms with Crippen LogP contribution in [-0.2, 0) is 20.7 Å². The zero-order valence-corrected chi connectivity index (χ0v) is 12.8. The lowest BCUT2D eigenvalue weighted by molar-refractivity contribution is -0.152. The minimum absolute atomic E-state index is 0.0230. The van der Waals surface area contributed by atoms with Crippen LogP contribution in [0.15, 0.2) is 30.5 Å². The summed E-state index contributed by atoms with van der Waals surface area (Å²) >= 11 is 0. The highest BCUT2D eigenvalue weighted by atomic mass is 16.5. The lowest BCUT2D eigenvalue weighted by Gasteiger charge is -2.27. The van der Waals surface area contributed by atoms with Crippen LogP contribution >= 0.6 is 0 Å². The Balaban J connectivity index is 1.81. The van der Waals surface area contributed by atoms with E-state index in [-0.39, 0.29) is 17.9 Å². The molecule has 0 aliphatic heterocycles. The fourth-order valence-electron chi connectivity index (χ4n) is 2.90. The fourth-order valence-corrected chi connectivity index (χ4v) is 2.90. The van der Waals surface area contributed by atoms with Gasteiger partial charge in [-0.15, -0.1) is 0 Å². The van der Waals surface area contributed by atoms with E-state index in [4.69, 9.17) is 4.74 Å². The molecule has 5 heteroatoms. The molecule has 116 valence electrons. The van der Waals surface area contributed by atoms with Crippen molar-refractivity contribution >= 4 is 22.8 Å². The number of aromatic amines is 1. The van der Waals surface area contributed by atoms with Crippen LogP contribution in [0, 0.1) is 0 Å². The molecule has 1 fully saturated rings. The van der Waals surface area contributed by atoms with E-state index >= 15 is 0 Å². The van der Waals surface area contributed by atoms with E-state index in [2.05, 4.69) is 4.98 Å². The first-order valence-corrected chi connectivity index (χ1v) is 7.55. The third kappa shape index (κ3) is 2.71. The number of hydrogen-bond donors (Lipinski definition) is 1. The maximum Gasteiger partial charge on any atom is 0.328 e. The summed E-state index contributed by atoms with van der Waals surface area (Å²) in [5, 5.41) is 1.05. The first-order valence-electron chi connectivity index (χ1n) is 7.55. The van der Waals surface area contributed by atoms with E-state index < -0.39 is 6.04 Å². The molecule has 1 aromatic carbocycles. The van der Waals surface area contributed by atoms with Crippen molar-refractivity contribution in [2.24, 2.45) is 0 Å². The molecular weight excluding hydrogens is 280 g/mol. The molecular formula is C17H20N2O3. The maximum absolute atomic E-state index is 12.7. The van der Waals surface area contributed by atoms with Crippen LogP contribution in [0.3, 0.4) is 0 Å². The molecule has 0 saturated heterocycles. The molecule has 3 rings (SSSR count). The summed E-state index contributed by atoms with van der Waals surface area (Å²) in [5.74, 6) is -0.385. The molecule has 1 unspecified atom stereocenters. The number of esters is 1. The van der Waals surface area contributed by atoms with Gasteiger partial charge in [0.15, 0.2) is 0 Å². The van der Waals surface area contributed by atoms with Crippen molar-refractivity contribution in [2.75, 3.05) is 7.11 Å². The minimum atomic E-state index is -0.532. The van der Waals surface area contributed by atoms with Crippen molar-refractivity contribution in [3.8, 4) is 0 Å². The fraction of sp³-hybridized carbons (Fsp3) is 0.412. The molecule has 0 radical (unpaired) electrons. The Kier molecular flexibility index (Phi) is 3.88. The Labute approximate surface area is 129 Å². The van der Waals surface area contributed by atoms with Crippen LogP contribution in [0.1, 0.15) is 25.3 Å². The molecule has 1 atom stereocenters. The molecule has 1 aromatic heterocycles. The highest BCUT2D eigenvalue weighted by Crippen LogP contribution is 2.30. The van der Waals surface area contributed by atoms with E-state index in [1.807, 2.05) is 30.5 Å². The quantitative estimate of drug-likeness (QED) is 0.862. The van der Waals surface area contributed by atoms with Gasteiger partial charge in [-0.3, -0.25) is 4.79 Å². The lowest BCUT2D eigenvalue weighted by atomic mass is 10.1. The average Bonchev–Trinajstić information content (AvgIpc) is 3.28. The van der Waals surface area contributed by atoms with Crippen molar-refractivity contribution in [3.63, 3.8) is 0 Å². The van der Waals surface area contributed by atoms with Gasteiger partial charge in [0.05, 0.1) is 13.5 Å². The van der Waals surface area contributed by atoms with Gasteiger partial charge in [-0.2, -0.15) is 0 Å². The normalized spacial score (nSPS) is 15.5. The Morgan fingerprint density at radius 3 is 2.77 bits per heavy atom. The molecule has 2 aromatic rings. The van der Waals surface area contributed by atoms with Crippen LogP contribution in [0.2, 0.25) is 0 Å². The highest BCUT2D eigenvalue weighted by molar-refractivity contribution is 5.91. The molecule has 1 aliphatic rings. The van der Waals surface area contributed by atoms with Gasteiger partial charge in [-0.1, -0.05) is 18.2 Å². The topological polar surface area (TPSA) is 62.4 Å². The number of amides is 1. The standard InChI is InChI=1S/C17H20N2O3/c1-11(17(21)22-2)19(13-7-8-13)16(20)9-12-10-18-15-6-4-3-5-14(12)15/h3-6,10-11,13,18H,7-9H2,1-2H3. The lowest BCUT2D eigenvalue weighted by Crippen LogP contribution is -2.45. The number of fused-ring (bicyclic) bond motifs is 1. The van der Waals surface area contributed by atoms with Gasteiger partial charge in [0.2, 0.25) is 5.91 Å². The summed E-state index contributed by atoms with van der Waals surface area (Å²) < 4.78 is 4.79. The molecule has 1 saturated carbocycles. The van der Waals surface area contributed by atoms with Crippen molar-refractivity contribution < 1.29 is 14.3 Å². The van der Waals surface area contributed by atoms with Gasteiger partial charge in [0.1, 0.15) is 6.04 Å². The van der Waals surface area contributed by atoms with E-state index in [0.717, 1.165) is 29.3 Å². The Morgan fingerprint density at radius 1 is 1.36 bits per heavy atom. The molecule has 1 heterocycles. The summed E-state index contributed by atoms with van der Waals surface area (Å²) in [6, 6.07) is 7.54. The first kappa shape index (κ1) is 14.6. The van der Waals surface area contributed by atoms with Gasteiger partial charge < -0.3 is 14.6 Å². The first-order chi connectivity index (χ1) is 10.6. The number of benzene rings is 1. The molecule has 1 N–H and O–H groups in total. The van der Waals surface area contributed by atoms with E-state index in [0.29, 0.717) is 6.42 Å². The highest BCUT2D eigenvalue weighted by Gasteiger charge is 2.38. The monoisotopic (exact) mass is 300 g/mol. The Hall–Kier alpha value is -2.30. The number of rotatable bonds is 5.